The number of unbranched alkanes of at least 4 members (excludes halogenated alkanes) is 1. The first kappa shape index (κ1) is 8.67. The fraction of sp³-hybridized carbons (Fsp3) is 0.636. The Morgan fingerprint density at radius 2 is 2.23 bits per heavy atom. The number of fused-ring (bicyclic) bond motifs is 1. The minimum atomic E-state index is 0.279. The molecule has 13 heavy (non-hydrogen) atoms. The van der Waals surface area contributed by atoms with Crippen LogP contribution >= 0.6 is 0 Å². The van der Waals surface area contributed by atoms with E-state index in [0.29, 0.717) is 0 Å². The molecule has 0 aromatic carbocycles. The highest BCUT2D eigenvalue weighted by molar-refractivity contribution is 5.29. The van der Waals surface area contributed by atoms with Crippen molar-refractivity contribution < 1.29 is 9.47 Å². The molecular formula is C11H16O2. The van der Waals surface area contributed by atoms with Gasteiger partial charge in [-0.05, 0) is 31.4 Å². The summed E-state index contributed by atoms with van der Waals surface area (Å²) >= 11 is 0. The maximum absolute atomic E-state index is 5.78. The summed E-state index contributed by atoms with van der Waals surface area (Å²) in [4.78, 5) is 0. The summed E-state index contributed by atoms with van der Waals surface area (Å²) in [5.41, 5.74) is 0. The van der Waals surface area contributed by atoms with E-state index in [1.54, 1.807) is 0 Å². The molecule has 1 unspecified atom stereocenters. The molecular weight excluding hydrogens is 164 g/mol. The van der Waals surface area contributed by atoms with Gasteiger partial charge in [-0.2, -0.15) is 0 Å². The molecule has 72 valence electrons. The largest absolute Gasteiger partial charge is 0.486 e. The Morgan fingerprint density at radius 1 is 1.38 bits per heavy atom. The van der Waals surface area contributed by atoms with Crippen LogP contribution in [0.1, 0.15) is 32.6 Å². The standard InChI is InChI=1S/C11H16O2/c1-2-3-5-9-8-12-10-6-4-7-11(10)13-9/h6-7,9H,2-5,8H2,1H3. The first-order valence-electron chi connectivity index (χ1n) is 5.10. The summed E-state index contributed by atoms with van der Waals surface area (Å²) in [6.45, 7) is 2.92. The Bertz CT molecular complexity index is 240. The van der Waals surface area contributed by atoms with E-state index in [1.807, 2.05) is 0 Å². The SMILES string of the molecule is CCCCC1COC2=CCC=C2O1. The Kier molecular flexibility index (Phi) is 2.57. The van der Waals surface area contributed by atoms with Crippen molar-refractivity contribution in [3.05, 3.63) is 23.7 Å². The number of hydrogen-bond donors (Lipinski definition) is 0. The van der Waals surface area contributed by atoms with Gasteiger partial charge >= 0.3 is 0 Å². The summed E-state index contributed by atoms with van der Waals surface area (Å²) in [6, 6.07) is 0. The maximum atomic E-state index is 5.78. The van der Waals surface area contributed by atoms with E-state index in [2.05, 4.69) is 19.1 Å². The van der Waals surface area contributed by atoms with Gasteiger partial charge < -0.3 is 9.47 Å². The first-order valence-corrected chi connectivity index (χ1v) is 5.10. The van der Waals surface area contributed by atoms with Gasteiger partial charge in [-0.15, -0.1) is 0 Å². The van der Waals surface area contributed by atoms with E-state index in [1.165, 1.54) is 12.8 Å². The van der Waals surface area contributed by atoms with Crippen LogP contribution in [0.2, 0.25) is 0 Å². The van der Waals surface area contributed by atoms with Gasteiger partial charge in [0, 0.05) is 0 Å². The third-order valence-electron chi connectivity index (χ3n) is 2.45. The minimum absolute atomic E-state index is 0.279. The summed E-state index contributed by atoms with van der Waals surface area (Å²) < 4.78 is 11.4. The zero-order valence-electron chi connectivity index (χ0n) is 8.08. The molecule has 1 aliphatic heterocycles. The molecule has 0 aromatic heterocycles. The molecule has 0 amide bonds. The second-order valence-corrected chi connectivity index (χ2v) is 3.57. The van der Waals surface area contributed by atoms with Crippen molar-refractivity contribution in [2.24, 2.45) is 0 Å². The van der Waals surface area contributed by atoms with Crippen LogP contribution in [-0.2, 0) is 9.47 Å². The summed E-state index contributed by atoms with van der Waals surface area (Å²) in [5.74, 6) is 1.92. The number of ether oxygens (including phenoxy) is 2. The normalized spacial score (nSPS) is 25.5. The van der Waals surface area contributed by atoms with Gasteiger partial charge in [-0.1, -0.05) is 13.3 Å². The number of rotatable bonds is 3. The van der Waals surface area contributed by atoms with Gasteiger partial charge in [0.25, 0.3) is 0 Å². The molecule has 2 rings (SSSR count). The number of hydrogen-bond acceptors (Lipinski definition) is 2. The van der Waals surface area contributed by atoms with Gasteiger partial charge in [-0.25, -0.2) is 0 Å². The van der Waals surface area contributed by atoms with Crippen LogP contribution in [0.4, 0.5) is 0 Å². The molecule has 2 heteroatoms. The van der Waals surface area contributed by atoms with E-state index >= 15 is 0 Å². The quantitative estimate of drug-likeness (QED) is 0.665. The molecule has 1 saturated heterocycles. The molecule has 2 nitrogen and oxygen atoms in total. The topological polar surface area (TPSA) is 18.5 Å². The maximum Gasteiger partial charge on any atom is 0.157 e. The fourth-order valence-electron chi connectivity index (χ4n) is 1.68. The van der Waals surface area contributed by atoms with E-state index < -0.39 is 0 Å². The molecule has 0 aromatic rings. The summed E-state index contributed by atoms with van der Waals surface area (Å²) in [5, 5.41) is 0. The molecule has 2 aliphatic rings. The van der Waals surface area contributed by atoms with Gasteiger partial charge in [0.15, 0.2) is 11.5 Å². The van der Waals surface area contributed by atoms with E-state index in [-0.39, 0.29) is 6.10 Å². The molecule has 1 fully saturated rings. The average Bonchev–Trinajstić information content (AvgIpc) is 2.61. The summed E-state index contributed by atoms with van der Waals surface area (Å²) in [7, 11) is 0. The predicted octanol–water partition coefficient (Wildman–Crippen LogP) is 2.76. The lowest BCUT2D eigenvalue weighted by Crippen LogP contribution is -2.25. The monoisotopic (exact) mass is 180 g/mol. The molecule has 0 saturated carbocycles. The smallest absolute Gasteiger partial charge is 0.157 e. The van der Waals surface area contributed by atoms with Crippen molar-refractivity contribution in [1.29, 1.82) is 0 Å². The second kappa shape index (κ2) is 3.86. The van der Waals surface area contributed by atoms with Crippen molar-refractivity contribution >= 4 is 0 Å². The molecule has 1 heterocycles. The Balaban J connectivity index is 1.87. The Labute approximate surface area is 79.2 Å². The highest BCUT2D eigenvalue weighted by Gasteiger charge is 2.24. The van der Waals surface area contributed by atoms with Crippen molar-refractivity contribution in [1.82, 2.24) is 0 Å². The zero-order chi connectivity index (χ0) is 9.10. The van der Waals surface area contributed by atoms with Crippen LogP contribution in [0.15, 0.2) is 23.7 Å². The molecule has 0 radical (unpaired) electrons. The van der Waals surface area contributed by atoms with Crippen LogP contribution in [-0.4, -0.2) is 12.7 Å². The zero-order valence-corrected chi connectivity index (χ0v) is 8.08. The lowest BCUT2D eigenvalue weighted by Gasteiger charge is -2.27. The highest BCUT2D eigenvalue weighted by atomic mass is 16.6. The van der Waals surface area contributed by atoms with E-state index in [9.17, 15) is 0 Å². The molecule has 0 bridgehead atoms. The molecule has 0 spiro atoms. The van der Waals surface area contributed by atoms with Crippen molar-refractivity contribution in [3.8, 4) is 0 Å². The molecule has 0 N–H and O–H groups in total. The van der Waals surface area contributed by atoms with E-state index in [4.69, 9.17) is 9.47 Å². The van der Waals surface area contributed by atoms with Gasteiger partial charge in [0.1, 0.15) is 12.7 Å². The van der Waals surface area contributed by atoms with Crippen LogP contribution in [0.3, 0.4) is 0 Å². The lowest BCUT2D eigenvalue weighted by atomic mass is 10.1. The molecule has 1 aliphatic carbocycles. The average molecular weight is 180 g/mol. The Hall–Kier alpha value is -0.920. The van der Waals surface area contributed by atoms with Crippen LogP contribution in [0.25, 0.3) is 0 Å². The minimum Gasteiger partial charge on any atom is -0.486 e. The van der Waals surface area contributed by atoms with Crippen LogP contribution in [0.5, 0.6) is 0 Å². The second-order valence-electron chi connectivity index (χ2n) is 3.57. The van der Waals surface area contributed by atoms with E-state index in [0.717, 1.165) is 31.0 Å². The van der Waals surface area contributed by atoms with Crippen LogP contribution < -0.4 is 0 Å². The van der Waals surface area contributed by atoms with Crippen molar-refractivity contribution in [2.75, 3.05) is 6.61 Å². The predicted molar refractivity (Wildman–Crippen MR) is 51.1 cm³/mol. The van der Waals surface area contributed by atoms with Crippen molar-refractivity contribution in [3.63, 3.8) is 0 Å². The van der Waals surface area contributed by atoms with Gasteiger partial charge in [-0.3, -0.25) is 0 Å². The number of allylic oxidation sites excluding steroid dienone is 2. The van der Waals surface area contributed by atoms with Gasteiger partial charge in [0.05, 0.1) is 0 Å². The lowest BCUT2D eigenvalue weighted by molar-refractivity contribution is -0.0104. The Morgan fingerprint density at radius 3 is 3.08 bits per heavy atom. The highest BCUT2D eigenvalue weighted by Crippen LogP contribution is 2.28. The third kappa shape index (κ3) is 1.87. The summed E-state index contributed by atoms with van der Waals surface area (Å²) in [6.07, 6.45) is 8.97. The van der Waals surface area contributed by atoms with Crippen molar-refractivity contribution in [2.45, 2.75) is 38.7 Å². The van der Waals surface area contributed by atoms with Crippen LogP contribution in [0, 0.1) is 0 Å². The third-order valence-corrected chi connectivity index (χ3v) is 2.45. The fourth-order valence-corrected chi connectivity index (χ4v) is 1.68. The van der Waals surface area contributed by atoms with Gasteiger partial charge in [0.2, 0.25) is 0 Å². The molecule has 1 atom stereocenters. The first-order chi connectivity index (χ1) is 6.40.